The quantitative estimate of drug-likeness (QED) is 0.668. The van der Waals surface area contributed by atoms with Gasteiger partial charge in [-0.3, -0.25) is 4.79 Å². The van der Waals surface area contributed by atoms with Crippen LogP contribution in [0.2, 0.25) is 0 Å². The van der Waals surface area contributed by atoms with Gasteiger partial charge in [0.05, 0.1) is 5.69 Å². The molecule has 0 unspecified atom stereocenters. The molecule has 0 saturated carbocycles. The maximum absolute atomic E-state index is 14.0. The maximum Gasteiger partial charge on any atom is 0.414 e. The highest BCUT2D eigenvalue weighted by molar-refractivity contribution is 5.96. The van der Waals surface area contributed by atoms with E-state index < -0.39 is 18.1 Å². The molecule has 2 aromatic carbocycles. The number of benzene rings is 2. The third-order valence-corrected chi connectivity index (χ3v) is 4.98. The Balaban J connectivity index is 1.84. The lowest BCUT2D eigenvalue weighted by Crippen LogP contribution is -2.46. The van der Waals surface area contributed by atoms with Crippen molar-refractivity contribution in [3.8, 4) is 0 Å². The first kappa shape index (κ1) is 16.7. The van der Waals surface area contributed by atoms with Crippen molar-refractivity contribution in [3.63, 3.8) is 0 Å². The smallest absolute Gasteiger partial charge is 0.356 e. The van der Waals surface area contributed by atoms with E-state index in [0.717, 1.165) is 10.3 Å². The number of nitrogens with zero attached hydrogens (tertiary/aromatic N) is 1. The molecule has 1 amide bonds. The zero-order valence-electron chi connectivity index (χ0n) is 14.1. The van der Waals surface area contributed by atoms with E-state index in [-0.39, 0.29) is 12.2 Å². The monoisotopic (exact) mass is 358 g/mol. The molecule has 0 aliphatic carbocycles. The van der Waals surface area contributed by atoms with Crippen molar-refractivity contribution in [1.29, 1.82) is 0 Å². The van der Waals surface area contributed by atoms with Gasteiger partial charge in [-0.15, -0.1) is 0 Å². The number of nitrogens with one attached hydrogen (secondary N) is 1. The highest BCUT2D eigenvalue weighted by atomic mass is 19.4. The van der Waals surface area contributed by atoms with Crippen LogP contribution in [0.3, 0.4) is 0 Å². The lowest BCUT2D eigenvalue weighted by atomic mass is 9.95. The van der Waals surface area contributed by atoms with Crippen LogP contribution in [0, 0.1) is 6.92 Å². The van der Waals surface area contributed by atoms with Gasteiger partial charge in [-0.1, -0.05) is 36.4 Å². The normalized spacial score (nSPS) is 17.4. The molecule has 0 fully saturated rings. The summed E-state index contributed by atoms with van der Waals surface area (Å²) in [6.07, 6.45) is -4.17. The van der Waals surface area contributed by atoms with Crippen molar-refractivity contribution in [2.24, 2.45) is 0 Å². The molecule has 1 aliphatic heterocycles. The molecular formula is C20H17F3N2O. The van der Waals surface area contributed by atoms with Gasteiger partial charge in [0.25, 0.3) is 5.91 Å². The van der Waals surface area contributed by atoms with Crippen LogP contribution in [-0.2, 0) is 6.42 Å². The zero-order chi connectivity index (χ0) is 18.5. The molecule has 6 heteroatoms. The number of fused-ring (bicyclic) bond motifs is 3. The van der Waals surface area contributed by atoms with Gasteiger partial charge in [0.1, 0.15) is 0 Å². The van der Waals surface area contributed by atoms with Crippen molar-refractivity contribution >= 4 is 16.8 Å². The fourth-order valence-corrected chi connectivity index (χ4v) is 3.77. The van der Waals surface area contributed by atoms with E-state index in [1.807, 2.05) is 12.1 Å². The standard InChI is InChI=1S/C20H17F3N2O/c1-12-6-2-3-7-13(12)19(26)25-11-10-15-14-8-4-5-9-16(14)24-17(15)18(25)20(21,22)23/h2-9,18,24H,10-11H2,1H3/t18-/m0/s1. The van der Waals surface area contributed by atoms with E-state index in [1.54, 1.807) is 43.3 Å². The maximum atomic E-state index is 14.0. The summed E-state index contributed by atoms with van der Waals surface area (Å²) in [5, 5.41) is 0.791. The van der Waals surface area contributed by atoms with Gasteiger partial charge in [-0.2, -0.15) is 13.2 Å². The van der Waals surface area contributed by atoms with Crippen molar-refractivity contribution in [1.82, 2.24) is 9.88 Å². The van der Waals surface area contributed by atoms with E-state index in [9.17, 15) is 18.0 Å². The third kappa shape index (κ3) is 2.57. The van der Waals surface area contributed by atoms with Gasteiger partial charge in [0.2, 0.25) is 0 Å². The summed E-state index contributed by atoms with van der Waals surface area (Å²) in [5.41, 5.74) is 2.36. The van der Waals surface area contributed by atoms with Crippen LogP contribution in [-0.4, -0.2) is 28.5 Å². The number of aromatic amines is 1. The van der Waals surface area contributed by atoms with Gasteiger partial charge in [0, 0.05) is 23.0 Å². The van der Waals surface area contributed by atoms with Crippen LogP contribution in [0.5, 0.6) is 0 Å². The molecule has 1 aromatic heterocycles. The Morgan fingerprint density at radius 3 is 2.54 bits per heavy atom. The largest absolute Gasteiger partial charge is 0.414 e. The van der Waals surface area contributed by atoms with Crippen LogP contribution in [0.1, 0.15) is 33.2 Å². The number of hydrogen-bond donors (Lipinski definition) is 1. The second-order valence-corrected chi connectivity index (χ2v) is 6.57. The van der Waals surface area contributed by atoms with Gasteiger partial charge < -0.3 is 9.88 Å². The van der Waals surface area contributed by atoms with Crippen LogP contribution < -0.4 is 0 Å². The molecule has 2 heterocycles. The van der Waals surface area contributed by atoms with Gasteiger partial charge >= 0.3 is 6.18 Å². The summed E-state index contributed by atoms with van der Waals surface area (Å²) in [6, 6.07) is 11.9. The first-order valence-corrected chi connectivity index (χ1v) is 8.40. The third-order valence-electron chi connectivity index (χ3n) is 4.98. The highest BCUT2D eigenvalue weighted by Gasteiger charge is 2.50. The fraction of sp³-hybridized carbons (Fsp3) is 0.250. The number of rotatable bonds is 1. The molecule has 26 heavy (non-hydrogen) atoms. The number of halogens is 3. The first-order valence-electron chi connectivity index (χ1n) is 8.40. The molecule has 0 saturated heterocycles. The number of carbonyl (C=O) groups is 1. The lowest BCUT2D eigenvalue weighted by Gasteiger charge is -2.37. The predicted octanol–water partition coefficient (Wildman–Crippen LogP) is 4.78. The summed E-state index contributed by atoms with van der Waals surface area (Å²) >= 11 is 0. The van der Waals surface area contributed by atoms with Crippen LogP contribution in [0.15, 0.2) is 48.5 Å². The molecule has 0 spiro atoms. The van der Waals surface area contributed by atoms with Crippen LogP contribution >= 0.6 is 0 Å². The number of para-hydroxylation sites is 1. The van der Waals surface area contributed by atoms with E-state index in [4.69, 9.17) is 0 Å². The second-order valence-electron chi connectivity index (χ2n) is 6.57. The molecule has 4 rings (SSSR count). The molecule has 1 N–H and O–H groups in total. The van der Waals surface area contributed by atoms with E-state index in [0.29, 0.717) is 28.6 Å². The summed E-state index contributed by atoms with van der Waals surface area (Å²) in [4.78, 5) is 16.8. The second kappa shape index (κ2) is 5.90. The summed E-state index contributed by atoms with van der Waals surface area (Å²) in [7, 11) is 0. The average molecular weight is 358 g/mol. The number of aryl methyl sites for hydroxylation is 1. The Morgan fingerprint density at radius 1 is 1.12 bits per heavy atom. The lowest BCUT2D eigenvalue weighted by molar-refractivity contribution is -0.182. The Morgan fingerprint density at radius 2 is 1.81 bits per heavy atom. The van der Waals surface area contributed by atoms with E-state index in [2.05, 4.69) is 4.98 Å². The van der Waals surface area contributed by atoms with E-state index in [1.165, 1.54) is 0 Å². The number of hydrogen-bond acceptors (Lipinski definition) is 1. The van der Waals surface area contributed by atoms with E-state index >= 15 is 0 Å². The number of alkyl halides is 3. The number of amides is 1. The minimum atomic E-state index is -4.56. The van der Waals surface area contributed by atoms with Gasteiger partial charge in [-0.25, -0.2) is 0 Å². The number of H-pyrrole nitrogens is 1. The topological polar surface area (TPSA) is 36.1 Å². The average Bonchev–Trinajstić information content (AvgIpc) is 2.98. The Kier molecular flexibility index (Phi) is 3.79. The van der Waals surface area contributed by atoms with Gasteiger partial charge in [-0.05, 0) is 36.6 Å². The minimum absolute atomic E-state index is 0.0339. The predicted molar refractivity (Wildman–Crippen MR) is 93.0 cm³/mol. The Labute approximate surface area is 148 Å². The Hall–Kier alpha value is -2.76. The number of carbonyl (C=O) groups excluding carboxylic acids is 1. The van der Waals surface area contributed by atoms with Crippen molar-refractivity contribution < 1.29 is 18.0 Å². The molecule has 0 radical (unpaired) electrons. The summed E-state index contributed by atoms with van der Waals surface area (Å²) in [6.45, 7) is 1.76. The van der Waals surface area contributed by atoms with Crippen molar-refractivity contribution in [2.45, 2.75) is 25.6 Å². The SMILES string of the molecule is Cc1ccccc1C(=O)N1CCc2c([nH]c3ccccc23)[C@H]1C(F)(F)F. The molecule has 1 aliphatic rings. The fourth-order valence-electron chi connectivity index (χ4n) is 3.77. The molecular weight excluding hydrogens is 341 g/mol. The van der Waals surface area contributed by atoms with Gasteiger partial charge in [0.15, 0.2) is 6.04 Å². The molecule has 0 bridgehead atoms. The van der Waals surface area contributed by atoms with Crippen molar-refractivity contribution in [3.05, 3.63) is 70.9 Å². The van der Waals surface area contributed by atoms with Crippen molar-refractivity contribution in [2.75, 3.05) is 6.54 Å². The number of aromatic nitrogens is 1. The summed E-state index contributed by atoms with van der Waals surface area (Å²) < 4.78 is 41.9. The summed E-state index contributed by atoms with van der Waals surface area (Å²) in [5.74, 6) is -0.588. The molecule has 3 nitrogen and oxygen atoms in total. The highest BCUT2D eigenvalue weighted by Crippen LogP contribution is 2.44. The Bertz CT molecular complexity index is 990. The van der Waals surface area contributed by atoms with Crippen LogP contribution in [0.25, 0.3) is 10.9 Å². The van der Waals surface area contributed by atoms with Crippen LogP contribution in [0.4, 0.5) is 13.2 Å². The zero-order valence-corrected chi connectivity index (χ0v) is 14.1. The molecule has 1 atom stereocenters. The minimum Gasteiger partial charge on any atom is -0.356 e. The molecule has 3 aromatic rings. The first-order chi connectivity index (χ1) is 12.4. The molecule has 134 valence electrons.